The summed E-state index contributed by atoms with van der Waals surface area (Å²) in [5.74, 6) is 0.327. The van der Waals surface area contributed by atoms with Gasteiger partial charge in [0.2, 0.25) is 0 Å². The van der Waals surface area contributed by atoms with Crippen LogP contribution in [-0.4, -0.2) is 40.5 Å². The van der Waals surface area contributed by atoms with Gasteiger partial charge in [0, 0.05) is 13.7 Å². The molecule has 0 amide bonds. The maximum absolute atomic E-state index is 13.7. The Kier molecular flexibility index (Phi) is 9.20. The molecule has 1 unspecified atom stereocenters. The van der Waals surface area contributed by atoms with E-state index in [-0.39, 0.29) is 5.82 Å². The second-order valence-electron chi connectivity index (χ2n) is 4.97. The minimum absolute atomic E-state index is 0.107. The molecule has 1 aromatic carbocycles. The molecule has 0 spiro atoms. The highest BCUT2D eigenvalue weighted by atomic mass is 19.1. The summed E-state index contributed by atoms with van der Waals surface area (Å²) in [5.41, 5.74) is 0.799. The van der Waals surface area contributed by atoms with Gasteiger partial charge in [0.1, 0.15) is 5.82 Å². The first-order chi connectivity index (χ1) is 9.77. The first-order valence-corrected chi connectivity index (χ1v) is 7.22. The highest BCUT2D eigenvalue weighted by Gasteiger charge is 2.11. The van der Waals surface area contributed by atoms with Crippen molar-refractivity contribution in [2.75, 3.05) is 40.5 Å². The molecular formula is C16H26FNO2. The molecule has 20 heavy (non-hydrogen) atoms. The Morgan fingerprint density at radius 3 is 2.70 bits per heavy atom. The first-order valence-electron chi connectivity index (χ1n) is 7.22. The Bertz CT molecular complexity index is 360. The van der Waals surface area contributed by atoms with Crippen molar-refractivity contribution in [3.8, 4) is 0 Å². The van der Waals surface area contributed by atoms with Crippen molar-refractivity contribution in [3.05, 3.63) is 35.6 Å². The van der Waals surface area contributed by atoms with E-state index < -0.39 is 0 Å². The molecule has 0 bridgehead atoms. The van der Waals surface area contributed by atoms with Crippen LogP contribution in [0.1, 0.15) is 18.4 Å². The highest BCUT2D eigenvalue weighted by molar-refractivity contribution is 5.17. The van der Waals surface area contributed by atoms with Gasteiger partial charge in [-0.1, -0.05) is 18.2 Å². The number of benzene rings is 1. The molecule has 0 heterocycles. The number of hydrogen-bond acceptors (Lipinski definition) is 3. The fourth-order valence-electron chi connectivity index (χ4n) is 2.26. The van der Waals surface area contributed by atoms with Gasteiger partial charge in [0.15, 0.2) is 0 Å². The molecule has 0 saturated heterocycles. The van der Waals surface area contributed by atoms with Gasteiger partial charge in [0.25, 0.3) is 0 Å². The Morgan fingerprint density at radius 2 is 2.00 bits per heavy atom. The third kappa shape index (κ3) is 6.98. The molecule has 4 heteroatoms. The summed E-state index contributed by atoms with van der Waals surface area (Å²) in [6.07, 6.45) is 2.79. The minimum atomic E-state index is -0.107. The lowest BCUT2D eigenvalue weighted by molar-refractivity contribution is 0.0672. The molecule has 0 aliphatic heterocycles. The van der Waals surface area contributed by atoms with Crippen LogP contribution in [0.3, 0.4) is 0 Å². The Morgan fingerprint density at radius 1 is 1.20 bits per heavy atom. The maximum atomic E-state index is 13.7. The zero-order valence-electron chi connectivity index (χ0n) is 12.5. The minimum Gasteiger partial charge on any atom is -0.382 e. The summed E-state index contributed by atoms with van der Waals surface area (Å²) in [6.45, 7) is 2.91. The third-order valence-corrected chi connectivity index (χ3v) is 3.29. The number of nitrogens with one attached hydrogen (secondary N) is 1. The summed E-state index contributed by atoms with van der Waals surface area (Å²) in [5, 5.41) is 3.19. The summed E-state index contributed by atoms with van der Waals surface area (Å²) in [6, 6.07) is 7.02. The van der Waals surface area contributed by atoms with Crippen LogP contribution in [0.15, 0.2) is 24.3 Å². The summed E-state index contributed by atoms with van der Waals surface area (Å²) in [4.78, 5) is 0. The van der Waals surface area contributed by atoms with Crippen molar-refractivity contribution in [1.29, 1.82) is 0 Å². The van der Waals surface area contributed by atoms with E-state index in [1.54, 1.807) is 13.2 Å². The predicted molar refractivity (Wildman–Crippen MR) is 79.4 cm³/mol. The molecule has 1 rings (SSSR count). The lowest BCUT2D eigenvalue weighted by Crippen LogP contribution is -2.21. The van der Waals surface area contributed by atoms with Crippen LogP contribution in [0.4, 0.5) is 4.39 Å². The molecule has 0 aliphatic rings. The van der Waals surface area contributed by atoms with E-state index in [1.807, 2.05) is 19.2 Å². The van der Waals surface area contributed by atoms with Crippen molar-refractivity contribution >= 4 is 0 Å². The van der Waals surface area contributed by atoms with Gasteiger partial charge < -0.3 is 14.8 Å². The number of methoxy groups -OCH3 is 1. The van der Waals surface area contributed by atoms with Crippen LogP contribution >= 0.6 is 0 Å². The van der Waals surface area contributed by atoms with Crippen molar-refractivity contribution in [2.45, 2.75) is 19.3 Å². The van der Waals surface area contributed by atoms with Crippen LogP contribution in [0.2, 0.25) is 0 Å². The second-order valence-corrected chi connectivity index (χ2v) is 4.97. The Balaban J connectivity index is 2.31. The van der Waals surface area contributed by atoms with E-state index in [9.17, 15) is 4.39 Å². The Labute approximate surface area is 121 Å². The fourth-order valence-corrected chi connectivity index (χ4v) is 2.26. The summed E-state index contributed by atoms with van der Waals surface area (Å²) >= 11 is 0. The molecule has 114 valence electrons. The van der Waals surface area contributed by atoms with Gasteiger partial charge in [-0.15, -0.1) is 0 Å². The second kappa shape index (κ2) is 10.8. The number of rotatable bonds is 11. The van der Waals surface area contributed by atoms with Crippen molar-refractivity contribution < 1.29 is 13.9 Å². The quantitative estimate of drug-likeness (QED) is 0.633. The largest absolute Gasteiger partial charge is 0.382 e. The molecule has 3 nitrogen and oxygen atoms in total. The number of hydrogen-bond donors (Lipinski definition) is 1. The zero-order valence-corrected chi connectivity index (χ0v) is 12.5. The van der Waals surface area contributed by atoms with Crippen molar-refractivity contribution in [2.24, 2.45) is 5.92 Å². The van der Waals surface area contributed by atoms with Gasteiger partial charge in [0.05, 0.1) is 13.2 Å². The van der Waals surface area contributed by atoms with Crippen LogP contribution in [0, 0.1) is 11.7 Å². The lowest BCUT2D eigenvalue weighted by Gasteiger charge is -2.17. The molecule has 0 radical (unpaired) electrons. The normalized spacial score (nSPS) is 12.6. The van der Waals surface area contributed by atoms with E-state index in [2.05, 4.69) is 5.32 Å². The molecule has 0 aliphatic carbocycles. The molecule has 1 atom stereocenters. The smallest absolute Gasteiger partial charge is 0.126 e. The van der Waals surface area contributed by atoms with Gasteiger partial charge in [-0.25, -0.2) is 4.39 Å². The predicted octanol–water partition coefficient (Wildman–Crippen LogP) is 2.65. The van der Waals surface area contributed by atoms with Crippen molar-refractivity contribution in [3.63, 3.8) is 0 Å². The summed E-state index contributed by atoms with van der Waals surface area (Å²) < 4.78 is 24.0. The molecular weight excluding hydrogens is 257 g/mol. The van der Waals surface area contributed by atoms with Gasteiger partial charge in [-0.05, 0) is 50.4 Å². The van der Waals surface area contributed by atoms with Crippen molar-refractivity contribution in [1.82, 2.24) is 5.32 Å². The first kappa shape index (κ1) is 17.1. The monoisotopic (exact) mass is 283 g/mol. The molecule has 0 fully saturated rings. The van der Waals surface area contributed by atoms with Gasteiger partial charge in [-0.3, -0.25) is 0 Å². The average Bonchev–Trinajstić information content (AvgIpc) is 2.45. The van der Waals surface area contributed by atoms with Crippen LogP contribution in [0.25, 0.3) is 0 Å². The van der Waals surface area contributed by atoms with Gasteiger partial charge >= 0.3 is 0 Å². The molecule has 0 aromatic heterocycles. The number of halogens is 1. The topological polar surface area (TPSA) is 30.5 Å². The lowest BCUT2D eigenvalue weighted by atomic mass is 9.94. The maximum Gasteiger partial charge on any atom is 0.126 e. The third-order valence-electron chi connectivity index (χ3n) is 3.29. The van der Waals surface area contributed by atoms with Gasteiger partial charge in [-0.2, -0.15) is 0 Å². The van der Waals surface area contributed by atoms with E-state index in [0.717, 1.165) is 38.0 Å². The van der Waals surface area contributed by atoms with E-state index in [4.69, 9.17) is 9.47 Å². The fraction of sp³-hybridized carbons (Fsp3) is 0.625. The van der Waals surface area contributed by atoms with E-state index in [0.29, 0.717) is 19.1 Å². The average molecular weight is 283 g/mol. The van der Waals surface area contributed by atoms with E-state index >= 15 is 0 Å². The standard InChI is InChI=1S/C16H26FNO2/c1-18-13-14(6-5-9-20-11-10-19-2)12-15-7-3-4-8-16(15)17/h3-4,7-8,14,18H,5-6,9-13H2,1-2H3. The van der Waals surface area contributed by atoms with Crippen LogP contribution in [0.5, 0.6) is 0 Å². The molecule has 1 N–H and O–H groups in total. The summed E-state index contributed by atoms with van der Waals surface area (Å²) in [7, 11) is 3.60. The number of ether oxygens (including phenoxy) is 2. The highest BCUT2D eigenvalue weighted by Crippen LogP contribution is 2.16. The molecule has 0 saturated carbocycles. The Hall–Kier alpha value is -0.970. The molecule has 1 aromatic rings. The zero-order chi connectivity index (χ0) is 14.6. The van der Waals surface area contributed by atoms with Crippen LogP contribution < -0.4 is 5.32 Å². The SMILES string of the molecule is CNCC(CCCOCCOC)Cc1ccccc1F. The van der Waals surface area contributed by atoms with E-state index in [1.165, 1.54) is 6.07 Å². The van der Waals surface area contributed by atoms with Crippen LogP contribution in [-0.2, 0) is 15.9 Å².